The molecule has 78 valence electrons. The van der Waals surface area contributed by atoms with Crippen LogP contribution >= 0.6 is 11.8 Å². The zero-order chi connectivity index (χ0) is 10.7. The van der Waals surface area contributed by atoms with Gasteiger partial charge in [0.2, 0.25) is 0 Å². The van der Waals surface area contributed by atoms with Crippen LogP contribution in [0.15, 0.2) is 23.1 Å². The lowest BCUT2D eigenvalue weighted by atomic mass is 10.1. The van der Waals surface area contributed by atoms with Crippen molar-refractivity contribution in [1.29, 1.82) is 0 Å². The van der Waals surface area contributed by atoms with Gasteiger partial charge in [0.1, 0.15) is 5.82 Å². The highest BCUT2D eigenvalue weighted by molar-refractivity contribution is 8.00. The Hall–Kier alpha value is -0.540. The minimum atomic E-state index is -0.619. The third-order valence-corrected chi connectivity index (χ3v) is 2.88. The average Bonchev–Trinajstić information content (AvgIpc) is 2.07. The van der Waals surface area contributed by atoms with Crippen LogP contribution in [0.2, 0.25) is 0 Å². The maximum atomic E-state index is 12.9. The van der Waals surface area contributed by atoms with E-state index in [4.69, 9.17) is 0 Å². The molecule has 0 aliphatic carbocycles. The van der Waals surface area contributed by atoms with Crippen molar-refractivity contribution in [1.82, 2.24) is 0 Å². The summed E-state index contributed by atoms with van der Waals surface area (Å²) < 4.78 is 12.9. The van der Waals surface area contributed by atoms with Gasteiger partial charge in [-0.05, 0) is 30.7 Å². The van der Waals surface area contributed by atoms with Crippen molar-refractivity contribution in [3.63, 3.8) is 0 Å². The highest BCUT2D eigenvalue weighted by Gasteiger charge is 2.10. The maximum Gasteiger partial charge on any atom is 0.123 e. The van der Waals surface area contributed by atoms with Crippen LogP contribution in [-0.4, -0.2) is 10.4 Å². The molecule has 0 aliphatic rings. The molecule has 14 heavy (non-hydrogen) atoms. The van der Waals surface area contributed by atoms with E-state index in [-0.39, 0.29) is 5.82 Å². The van der Waals surface area contributed by atoms with Crippen molar-refractivity contribution in [2.75, 3.05) is 0 Å². The van der Waals surface area contributed by atoms with Gasteiger partial charge in [0, 0.05) is 10.1 Å². The van der Waals surface area contributed by atoms with Gasteiger partial charge in [-0.2, -0.15) is 0 Å². The molecule has 0 bridgehead atoms. The second kappa shape index (κ2) is 4.80. The third-order valence-electron chi connectivity index (χ3n) is 1.78. The van der Waals surface area contributed by atoms with Crippen LogP contribution in [0.4, 0.5) is 4.39 Å². The fourth-order valence-corrected chi connectivity index (χ4v) is 2.23. The molecule has 1 aromatic carbocycles. The predicted octanol–water partition coefficient (Wildman–Crippen LogP) is 3.38. The molecule has 1 atom stereocenters. The summed E-state index contributed by atoms with van der Waals surface area (Å²) in [7, 11) is 0. The van der Waals surface area contributed by atoms with E-state index in [1.54, 1.807) is 24.8 Å². The summed E-state index contributed by atoms with van der Waals surface area (Å²) in [5.74, 6) is -0.297. The molecule has 1 rings (SSSR count). The summed E-state index contributed by atoms with van der Waals surface area (Å²) in [6.07, 6.45) is -0.619. The van der Waals surface area contributed by atoms with Crippen LogP contribution in [0.1, 0.15) is 32.4 Å². The van der Waals surface area contributed by atoms with Crippen LogP contribution in [0.5, 0.6) is 0 Å². The van der Waals surface area contributed by atoms with Crippen LogP contribution in [0.25, 0.3) is 0 Å². The number of hydrogen-bond acceptors (Lipinski definition) is 2. The number of aliphatic hydroxyl groups is 1. The summed E-state index contributed by atoms with van der Waals surface area (Å²) in [5.41, 5.74) is 0.670. The summed E-state index contributed by atoms with van der Waals surface area (Å²) in [6.45, 7) is 5.79. The molecular weight excluding hydrogens is 199 g/mol. The molecule has 0 heterocycles. The molecule has 1 aromatic rings. The fraction of sp³-hybridized carbons (Fsp3) is 0.455. The molecule has 0 saturated heterocycles. The molecular formula is C11H15FOS. The zero-order valence-corrected chi connectivity index (χ0v) is 9.44. The molecule has 0 fully saturated rings. The smallest absolute Gasteiger partial charge is 0.123 e. The molecule has 0 aliphatic heterocycles. The summed E-state index contributed by atoms with van der Waals surface area (Å²) in [6, 6.07) is 4.55. The normalized spacial score (nSPS) is 13.3. The van der Waals surface area contributed by atoms with E-state index < -0.39 is 6.10 Å². The Morgan fingerprint density at radius 3 is 2.43 bits per heavy atom. The largest absolute Gasteiger partial charge is 0.389 e. The SMILES string of the molecule is CC(C)Sc1ccc(F)cc1[C@@H](C)O. The fourth-order valence-electron chi connectivity index (χ4n) is 1.21. The average molecular weight is 214 g/mol. The van der Waals surface area contributed by atoms with Crippen LogP contribution < -0.4 is 0 Å². The first-order valence-corrected chi connectivity index (χ1v) is 5.53. The second-order valence-electron chi connectivity index (χ2n) is 3.52. The van der Waals surface area contributed by atoms with Gasteiger partial charge >= 0.3 is 0 Å². The van der Waals surface area contributed by atoms with Crippen molar-refractivity contribution >= 4 is 11.8 Å². The van der Waals surface area contributed by atoms with Crippen molar-refractivity contribution in [2.45, 2.75) is 37.0 Å². The third kappa shape index (κ3) is 3.00. The molecule has 3 heteroatoms. The Morgan fingerprint density at radius 2 is 1.93 bits per heavy atom. The quantitative estimate of drug-likeness (QED) is 0.778. The van der Waals surface area contributed by atoms with E-state index in [0.29, 0.717) is 10.8 Å². The molecule has 1 N–H and O–H groups in total. The Morgan fingerprint density at radius 1 is 1.29 bits per heavy atom. The number of rotatable bonds is 3. The molecule has 0 saturated carbocycles. The van der Waals surface area contributed by atoms with Crippen LogP contribution in [0.3, 0.4) is 0 Å². The second-order valence-corrected chi connectivity index (χ2v) is 5.14. The van der Waals surface area contributed by atoms with Crippen molar-refractivity contribution < 1.29 is 9.50 Å². The van der Waals surface area contributed by atoms with E-state index in [0.717, 1.165) is 4.90 Å². The predicted molar refractivity (Wildman–Crippen MR) is 58.0 cm³/mol. The van der Waals surface area contributed by atoms with Gasteiger partial charge in [0.05, 0.1) is 6.10 Å². The topological polar surface area (TPSA) is 20.2 Å². The van der Waals surface area contributed by atoms with Crippen molar-refractivity contribution in [3.8, 4) is 0 Å². The highest BCUT2D eigenvalue weighted by atomic mass is 32.2. The standard InChI is InChI=1S/C11H15FOS/c1-7(2)14-11-5-4-9(12)6-10(11)8(3)13/h4-8,13H,1-3H3/t8-/m1/s1. The Kier molecular flexibility index (Phi) is 3.96. The summed E-state index contributed by atoms with van der Waals surface area (Å²) in [4.78, 5) is 0.955. The number of hydrogen-bond donors (Lipinski definition) is 1. The minimum absolute atomic E-state index is 0.297. The van der Waals surface area contributed by atoms with Gasteiger partial charge in [0.25, 0.3) is 0 Å². The number of halogens is 1. The van der Waals surface area contributed by atoms with Crippen molar-refractivity contribution in [2.24, 2.45) is 0 Å². The van der Waals surface area contributed by atoms with Gasteiger partial charge in [-0.15, -0.1) is 11.8 Å². The van der Waals surface area contributed by atoms with Crippen molar-refractivity contribution in [3.05, 3.63) is 29.6 Å². The molecule has 0 spiro atoms. The first kappa shape index (κ1) is 11.5. The zero-order valence-electron chi connectivity index (χ0n) is 8.62. The van der Waals surface area contributed by atoms with E-state index in [1.807, 2.05) is 0 Å². The van der Waals surface area contributed by atoms with Gasteiger partial charge in [0.15, 0.2) is 0 Å². The molecule has 0 aromatic heterocycles. The van der Waals surface area contributed by atoms with E-state index in [1.165, 1.54) is 12.1 Å². The number of benzene rings is 1. The van der Waals surface area contributed by atoms with Crippen LogP contribution in [0, 0.1) is 5.82 Å². The van der Waals surface area contributed by atoms with E-state index >= 15 is 0 Å². The van der Waals surface area contributed by atoms with Crippen LogP contribution in [-0.2, 0) is 0 Å². The Labute approximate surface area is 88.3 Å². The number of thioether (sulfide) groups is 1. The maximum absolute atomic E-state index is 12.9. The van der Waals surface area contributed by atoms with Gasteiger partial charge in [-0.25, -0.2) is 4.39 Å². The lowest BCUT2D eigenvalue weighted by Gasteiger charge is -2.13. The van der Waals surface area contributed by atoms with Gasteiger partial charge < -0.3 is 5.11 Å². The molecule has 0 radical (unpaired) electrons. The summed E-state index contributed by atoms with van der Waals surface area (Å²) in [5, 5.41) is 9.89. The van der Waals surface area contributed by atoms with Gasteiger partial charge in [-0.1, -0.05) is 13.8 Å². The van der Waals surface area contributed by atoms with Gasteiger partial charge in [-0.3, -0.25) is 0 Å². The first-order chi connectivity index (χ1) is 6.50. The molecule has 0 amide bonds. The molecule has 0 unspecified atom stereocenters. The lowest BCUT2D eigenvalue weighted by Crippen LogP contribution is -1.97. The monoisotopic (exact) mass is 214 g/mol. The minimum Gasteiger partial charge on any atom is -0.389 e. The Bertz CT molecular complexity index is 310. The van der Waals surface area contributed by atoms with E-state index in [2.05, 4.69) is 13.8 Å². The highest BCUT2D eigenvalue weighted by Crippen LogP contribution is 2.30. The first-order valence-electron chi connectivity index (χ1n) is 4.65. The van der Waals surface area contributed by atoms with E-state index in [9.17, 15) is 9.50 Å². The molecule has 1 nitrogen and oxygen atoms in total. The number of aliphatic hydroxyl groups excluding tert-OH is 1. The lowest BCUT2D eigenvalue weighted by molar-refractivity contribution is 0.196. The Balaban J connectivity index is 3.02. The summed E-state index contributed by atoms with van der Waals surface area (Å²) >= 11 is 1.64.